The van der Waals surface area contributed by atoms with E-state index in [2.05, 4.69) is 4.98 Å². The predicted molar refractivity (Wildman–Crippen MR) is 92.6 cm³/mol. The van der Waals surface area contributed by atoms with Gasteiger partial charge in [0.1, 0.15) is 5.75 Å². The van der Waals surface area contributed by atoms with Crippen LogP contribution < -0.4 is 4.74 Å². The molecule has 1 atom stereocenters. The Morgan fingerprint density at radius 3 is 2.83 bits per heavy atom. The van der Waals surface area contributed by atoms with Crippen LogP contribution in [-0.4, -0.2) is 29.4 Å². The molecule has 0 saturated carbocycles. The fraction of sp³-hybridized carbons (Fsp3) is 0.333. The number of rotatable bonds is 4. The summed E-state index contributed by atoms with van der Waals surface area (Å²) in [6.45, 7) is 2.76. The van der Waals surface area contributed by atoms with Gasteiger partial charge in [0, 0.05) is 18.0 Å². The number of ether oxygens (including phenoxy) is 1. The van der Waals surface area contributed by atoms with Crippen LogP contribution in [0.1, 0.15) is 35.1 Å². The topological polar surface area (TPSA) is 42.4 Å². The highest BCUT2D eigenvalue weighted by molar-refractivity contribution is 7.09. The monoisotopic (exact) mass is 328 g/mol. The number of benzene rings is 1. The zero-order valence-corrected chi connectivity index (χ0v) is 14.2. The Hall–Kier alpha value is -2.14. The zero-order valence-electron chi connectivity index (χ0n) is 13.4. The average Bonchev–Trinajstić information content (AvgIpc) is 3.21. The molecule has 3 rings (SSSR count). The van der Waals surface area contributed by atoms with Crippen molar-refractivity contribution in [2.24, 2.45) is 0 Å². The lowest BCUT2D eigenvalue weighted by Gasteiger charge is -2.24. The van der Waals surface area contributed by atoms with Gasteiger partial charge in [0.25, 0.3) is 0 Å². The molecule has 1 unspecified atom stereocenters. The highest BCUT2D eigenvalue weighted by atomic mass is 32.1. The number of thiazole rings is 1. The van der Waals surface area contributed by atoms with Crippen molar-refractivity contribution >= 4 is 23.3 Å². The molecule has 2 heterocycles. The molecule has 0 spiro atoms. The van der Waals surface area contributed by atoms with Crippen molar-refractivity contribution in [1.82, 2.24) is 9.88 Å². The average molecular weight is 328 g/mol. The van der Waals surface area contributed by atoms with Gasteiger partial charge in [-0.15, -0.1) is 11.3 Å². The van der Waals surface area contributed by atoms with Crippen molar-refractivity contribution < 1.29 is 9.53 Å². The Bertz CT molecular complexity index is 706. The van der Waals surface area contributed by atoms with Gasteiger partial charge in [-0.05, 0) is 43.5 Å². The molecule has 2 aromatic rings. The number of likely N-dealkylation sites (tertiary alicyclic amines) is 1. The van der Waals surface area contributed by atoms with E-state index >= 15 is 0 Å². The van der Waals surface area contributed by atoms with Gasteiger partial charge in [0.05, 0.1) is 23.9 Å². The van der Waals surface area contributed by atoms with Gasteiger partial charge < -0.3 is 9.64 Å². The maximum absolute atomic E-state index is 12.5. The van der Waals surface area contributed by atoms with E-state index in [1.165, 1.54) is 0 Å². The van der Waals surface area contributed by atoms with Crippen molar-refractivity contribution in [3.05, 3.63) is 52.0 Å². The first kappa shape index (κ1) is 15.7. The molecule has 1 aromatic heterocycles. The Morgan fingerprint density at radius 1 is 1.39 bits per heavy atom. The van der Waals surface area contributed by atoms with Crippen LogP contribution in [0.3, 0.4) is 0 Å². The quantitative estimate of drug-likeness (QED) is 0.801. The molecule has 1 amide bonds. The summed E-state index contributed by atoms with van der Waals surface area (Å²) < 4.78 is 5.20. The number of amides is 1. The molecule has 23 heavy (non-hydrogen) atoms. The van der Waals surface area contributed by atoms with Crippen molar-refractivity contribution in [3.8, 4) is 5.75 Å². The summed E-state index contributed by atoms with van der Waals surface area (Å²) in [5.41, 5.74) is 2.01. The van der Waals surface area contributed by atoms with Crippen LogP contribution in [-0.2, 0) is 4.79 Å². The van der Waals surface area contributed by atoms with Crippen LogP contribution in [0.2, 0.25) is 0 Å². The smallest absolute Gasteiger partial charge is 0.247 e. The lowest BCUT2D eigenvalue weighted by atomic mass is 10.0. The fourth-order valence-corrected chi connectivity index (χ4v) is 3.49. The lowest BCUT2D eigenvalue weighted by Crippen LogP contribution is -2.28. The Morgan fingerprint density at radius 2 is 2.17 bits per heavy atom. The summed E-state index contributed by atoms with van der Waals surface area (Å²) in [5.74, 6) is 0.886. The third-order valence-corrected chi connectivity index (χ3v) is 4.86. The Labute approximate surface area is 140 Å². The number of hydrogen-bond donors (Lipinski definition) is 0. The van der Waals surface area contributed by atoms with Crippen molar-refractivity contribution in [2.45, 2.75) is 25.8 Å². The third-order valence-electron chi connectivity index (χ3n) is 4.07. The highest BCUT2D eigenvalue weighted by Gasteiger charge is 2.28. The van der Waals surface area contributed by atoms with Gasteiger partial charge in [-0.3, -0.25) is 4.79 Å². The van der Waals surface area contributed by atoms with E-state index in [-0.39, 0.29) is 11.9 Å². The largest absolute Gasteiger partial charge is 0.497 e. The molecule has 0 aliphatic carbocycles. The van der Waals surface area contributed by atoms with Gasteiger partial charge in [-0.2, -0.15) is 0 Å². The van der Waals surface area contributed by atoms with Crippen LogP contribution in [0.5, 0.6) is 5.75 Å². The predicted octanol–water partition coefficient (Wildman–Crippen LogP) is 3.84. The van der Waals surface area contributed by atoms with Gasteiger partial charge in [-0.25, -0.2) is 4.98 Å². The second-order valence-electron chi connectivity index (χ2n) is 5.59. The van der Waals surface area contributed by atoms with Crippen molar-refractivity contribution in [1.29, 1.82) is 0 Å². The standard InChI is InChI=1S/C18H20N2O2S/c1-13-19-15(12-23-13)7-10-18(21)20-11-3-4-17(20)14-5-8-16(22-2)9-6-14/h5-10,12,17H,3-4,11H2,1-2H3/b10-7+. The summed E-state index contributed by atoms with van der Waals surface area (Å²) in [4.78, 5) is 18.8. The number of carbonyl (C=O) groups excluding carboxylic acids is 1. The van der Waals surface area contributed by atoms with E-state index < -0.39 is 0 Å². The summed E-state index contributed by atoms with van der Waals surface area (Å²) in [6, 6.07) is 8.13. The maximum Gasteiger partial charge on any atom is 0.247 e. The Kier molecular flexibility index (Phi) is 4.76. The minimum Gasteiger partial charge on any atom is -0.497 e. The van der Waals surface area contributed by atoms with E-state index in [9.17, 15) is 4.79 Å². The molecule has 1 fully saturated rings. The number of nitrogens with zero attached hydrogens (tertiary/aromatic N) is 2. The third kappa shape index (κ3) is 3.62. The summed E-state index contributed by atoms with van der Waals surface area (Å²) in [5, 5.41) is 2.97. The number of methoxy groups -OCH3 is 1. The normalized spacial score (nSPS) is 17.8. The van der Waals surface area contributed by atoms with Crippen LogP contribution in [0.4, 0.5) is 0 Å². The van der Waals surface area contributed by atoms with Crippen LogP contribution in [0.25, 0.3) is 6.08 Å². The Balaban J connectivity index is 1.72. The molecule has 1 aromatic carbocycles. The molecule has 1 aliphatic heterocycles. The first-order chi connectivity index (χ1) is 11.2. The molecule has 1 aliphatic rings. The maximum atomic E-state index is 12.5. The van der Waals surface area contributed by atoms with E-state index in [1.807, 2.05) is 41.5 Å². The zero-order chi connectivity index (χ0) is 16.2. The van der Waals surface area contributed by atoms with E-state index in [0.29, 0.717) is 0 Å². The van der Waals surface area contributed by atoms with Crippen LogP contribution in [0.15, 0.2) is 35.7 Å². The van der Waals surface area contributed by atoms with E-state index in [1.54, 1.807) is 30.6 Å². The van der Waals surface area contributed by atoms with E-state index in [4.69, 9.17) is 4.74 Å². The number of aromatic nitrogens is 1. The molecule has 5 heteroatoms. The molecule has 1 saturated heterocycles. The number of carbonyl (C=O) groups is 1. The van der Waals surface area contributed by atoms with Crippen LogP contribution in [0, 0.1) is 6.92 Å². The molecule has 120 valence electrons. The molecular weight excluding hydrogens is 308 g/mol. The SMILES string of the molecule is COc1ccc(C2CCCN2C(=O)/C=C/c2csc(C)n2)cc1. The van der Waals surface area contributed by atoms with Crippen LogP contribution >= 0.6 is 11.3 Å². The first-order valence-electron chi connectivity index (χ1n) is 7.72. The minimum absolute atomic E-state index is 0.0500. The van der Waals surface area contributed by atoms with E-state index in [0.717, 1.165) is 41.4 Å². The second-order valence-corrected chi connectivity index (χ2v) is 6.65. The summed E-state index contributed by atoms with van der Waals surface area (Å²) >= 11 is 1.59. The highest BCUT2D eigenvalue weighted by Crippen LogP contribution is 2.33. The summed E-state index contributed by atoms with van der Waals surface area (Å²) in [6.07, 6.45) is 5.47. The van der Waals surface area contributed by atoms with Gasteiger partial charge in [0.15, 0.2) is 0 Å². The molecule has 0 radical (unpaired) electrons. The molecule has 0 N–H and O–H groups in total. The lowest BCUT2D eigenvalue weighted by molar-refractivity contribution is -0.126. The second kappa shape index (κ2) is 6.96. The molecule has 4 nitrogen and oxygen atoms in total. The van der Waals surface area contributed by atoms with Gasteiger partial charge in [0.2, 0.25) is 5.91 Å². The number of aryl methyl sites for hydroxylation is 1. The van der Waals surface area contributed by atoms with Gasteiger partial charge >= 0.3 is 0 Å². The molecule has 0 bridgehead atoms. The van der Waals surface area contributed by atoms with Gasteiger partial charge in [-0.1, -0.05) is 12.1 Å². The summed E-state index contributed by atoms with van der Waals surface area (Å²) in [7, 11) is 1.66. The van der Waals surface area contributed by atoms with Crippen molar-refractivity contribution in [3.63, 3.8) is 0 Å². The first-order valence-corrected chi connectivity index (χ1v) is 8.60. The molecular formula is C18H20N2O2S. The number of hydrogen-bond acceptors (Lipinski definition) is 4. The fourth-order valence-electron chi connectivity index (χ4n) is 2.91. The van der Waals surface area contributed by atoms with Crippen molar-refractivity contribution in [2.75, 3.05) is 13.7 Å². The minimum atomic E-state index is 0.0500.